The van der Waals surface area contributed by atoms with Crippen molar-refractivity contribution in [1.82, 2.24) is 4.90 Å². The first-order valence-electron chi connectivity index (χ1n) is 5.65. The maximum atomic E-state index is 11.4. The smallest absolute Gasteiger partial charge is 0.309 e. The lowest BCUT2D eigenvalue weighted by atomic mass is 10.1. The first kappa shape index (κ1) is 14.4. The summed E-state index contributed by atoms with van der Waals surface area (Å²) in [7, 11) is 0. The normalized spacial score (nSPS) is 12.9. The highest BCUT2D eigenvalue weighted by Crippen LogP contribution is 2.03. The Labute approximate surface area is 92.2 Å². The number of aliphatic hydroxyl groups excluding tert-OH is 1. The van der Waals surface area contributed by atoms with Crippen LogP contribution < -0.4 is 0 Å². The Balaban J connectivity index is 3.88. The summed E-state index contributed by atoms with van der Waals surface area (Å²) in [5.74, 6) is -0.233. The molecule has 0 spiro atoms. The summed E-state index contributed by atoms with van der Waals surface area (Å²) in [5.41, 5.74) is 0. The van der Waals surface area contributed by atoms with Crippen molar-refractivity contribution in [2.75, 3.05) is 32.8 Å². The number of nitrogens with zero attached hydrogens (tertiary/aromatic N) is 1. The largest absolute Gasteiger partial charge is 0.466 e. The number of carbonyl (C=O) groups excluding carboxylic acids is 1. The Morgan fingerprint density at radius 3 is 2.60 bits per heavy atom. The molecule has 0 aliphatic heterocycles. The van der Waals surface area contributed by atoms with Crippen LogP contribution in [-0.2, 0) is 9.53 Å². The number of ether oxygens (including phenoxy) is 1. The van der Waals surface area contributed by atoms with Gasteiger partial charge in [0.2, 0.25) is 0 Å². The molecule has 1 atom stereocenters. The minimum Gasteiger partial charge on any atom is -0.466 e. The van der Waals surface area contributed by atoms with E-state index in [1.807, 2.05) is 13.8 Å². The zero-order valence-electron chi connectivity index (χ0n) is 10.0. The van der Waals surface area contributed by atoms with Gasteiger partial charge in [-0.2, -0.15) is 0 Å². The lowest BCUT2D eigenvalue weighted by molar-refractivity contribution is -0.148. The van der Waals surface area contributed by atoms with E-state index in [1.165, 1.54) is 0 Å². The third-order valence-corrected chi connectivity index (χ3v) is 2.30. The van der Waals surface area contributed by atoms with Gasteiger partial charge in [0.25, 0.3) is 0 Å². The van der Waals surface area contributed by atoms with Gasteiger partial charge in [-0.3, -0.25) is 4.79 Å². The Morgan fingerprint density at radius 1 is 1.47 bits per heavy atom. The van der Waals surface area contributed by atoms with Gasteiger partial charge in [-0.25, -0.2) is 0 Å². The van der Waals surface area contributed by atoms with E-state index in [2.05, 4.69) is 11.8 Å². The summed E-state index contributed by atoms with van der Waals surface area (Å²) in [6.45, 7) is 8.80. The van der Waals surface area contributed by atoms with Crippen molar-refractivity contribution in [2.24, 2.45) is 5.92 Å². The van der Waals surface area contributed by atoms with Gasteiger partial charge in [-0.1, -0.05) is 13.8 Å². The van der Waals surface area contributed by atoms with E-state index in [1.54, 1.807) is 0 Å². The summed E-state index contributed by atoms with van der Waals surface area (Å²) in [6, 6.07) is 0. The van der Waals surface area contributed by atoms with E-state index in [0.717, 1.165) is 19.5 Å². The fraction of sp³-hybridized carbons (Fsp3) is 0.909. The van der Waals surface area contributed by atoms with Crippen molar-refractivity contribution in [3.05, 3.63) is 0 Å². The highest BCUT2D eigenvalue weighted by Gasteiger charge is 2.16. The molecule has 4 nitrogen and oxygen atoms in total. The van der Waals surface area contributed by atoms with Crippen LogP contribution in [0.4, 0.5) is 0 Å². The number of hydrogen-bond donors (Lipinski definition) is 1. The van der Waals surface area contributed by atoms with Crippen molar-refractivity contribution in [3.63, 3.8) is 0 Å². The van der Waals surface area contributed by atoms with E-state index in [0.29, 0.717) is 13.2 Å². The quantitative estimate of drug-likeness (QED) is 0.613. The molecule has 0 rings (SSSR count). The van der Waals surface area contributed by atoms with Gasteiger partial charge in [0, 0.05) is 19.7 Å². The second-order valence-corrected chi connectivity index (χ2v) is 3.62. The fourth-order valence-corrected chi connectivity index (χ4v) is 1.42. The Bertz CT molecular complexity index is 173. The zero-order chi connectivity index (χ0) is 11.7. The van der Waals surface area contributed by atoms with E-state index in [4.69, 9.17) is 9.84 Å². The van der Waals surface area contributed by atoms with Crippen LogP contribution in [-0.4, -0.2) is 48.8 Å². The van der Waals surface area contributed by atoms with Crippen LogP contribution in [0.1, 0.15) is 27.2 Å². The van der Waals surface area contributed by atoms with Gasteiger partial charge < -0.3 is 14.7 Å². The van der Waals surface area contributed by atoms with E-state index < -0.39 is 0 Å². The standard InChI is InChI=1S/C11H23NO3/c1-4-12(7-6-8-13)9-10(3)11(14)15-5-2/h10,13H,4-9H2,1-3H3. The van der Waals surface area contributed by atoms with Crippen LogP contribution in [0.25, 0.3) is 0 Å². The van der Waals surface area contributed by atoms with Gasteiger partial charge in [0.1, 0.15) is 0 Å². The zero-order valence-corrected chi connectivity index (χ0v) is 10.0. The number of hydrogen-bond acceptors (Lipinski definition) is 4. The molecule has 15 heavy (non-hydrogen) atoms. The van der Waals surface area contributed by atoms with Crippen molar-refractivity contribution >= 4 is 5.97 Å². The van der Waals surface area contributed by atoms with Gasteiger partial charge >= 0.3 is 5.97 Å². The van der Waals surface area contributed by atoms with Crippen LogP contribution in [0.3, 0.4) is 0 Å². The van der Waals surface area contributed by atoms with Crippen molar-refractivity contribution < 1.29 is 14.6 Å². The van der Waals surface area contributed by atoms with Crippen molar-refractivity contribution in [3.8, 4) is 0 Å². The molecule has 0 aliphatic rings. The highest BCUT2D eigenvalue weighted by atomic mass is 16.5. The molecular formula is C11H23NO3. The van der Waals surface area contributed by atoms with Crippen molar-refractivity contribution in [2.45, 2.75) is 27.2 Å². The Hall–Kier alpha value is -0.610. The third kappa shape index (κ3) is 6.47. The minimum atomic E-state index is -0.139. The first-order valence-corrected chi connectivity index (χ1v) is 5.65. The van der Waals surface area contributed by atoms with Crippen LogP contribution in [0.15, 0.2) is 0 Å². The van der Waals surface area contributed by atoms with Gasteiger partial charge in [0.05, 0.1) is 12.5 Å². The molecule has 0 aromatic carbocycles. The molecule has 90 valence electrons. The van der Waals surface area contributed by atoms with Gasteiger partial charge in [-0.15, -0.1) is 0 Å². The lowest BCUT2D eigenvalue weighted by Crippen LogP contribution is -2.33. The maximum Gasteiger partial charge on any atom is 0.309 e. The molecule has 0 aromatic heterocycles. The molecular weight excluding hydrogens is 194 g/mol. The average molecular weight is 217 g/mol. The summed E-state index contributed by atoms with van der Waals surface area (Å²) in [4.78, 5) is 13.5. The van der Waals surface area contributed by atoms with Gasteiger partial charge in [0.15, 0.2) is 0 Å². The van der Waals surface area contributed by atoms with Crippen LogP contribution in [0, 0.1) is 5.92 Å². The lowest BCUT2D eigenvalue weighted by Gasteiger charge is -2.22. The molecule has 0 saturated heterocycles. The number of carbonyl (C=O) groups is 1. The van der Waals surface area contributed by atoms with Crippen molar-refractivity contribution in [1.29, 1.82) is 0 Å². The molecule has 1 unspecified atom stereocenters. The van der Waals surface area contributed by atoms with Crippen LogP contribution in [0.2, 0.25) is 0 Å². The van der Waals surface area contributed by atoms with E-state index in [9.17, 15) is 4.79 Å². The summed E-state index contributed by atoms with van der Waals surface area (Å²) in [6.07, 6.45) is 0.753. The number of aliphatic hydroxyl groups is 1. The second kappa shape index (κ2) is 8.68. The number of rotatable bonds is 8. The molecule has 0 fully saturated rings. The molecule has 0 radical (unpaired) electrons. The second-order valence-electron chi connectivity index (χ2n) is 3.62. The summed E-state index contributed by atoms with van der Waals surface area (Å²) < 4.78 is 4.94. The molecule has 0 heterocycles. The predicted octanol–water partition coefficient (Wildman–Crippen LogP) is 0.890. The minimum absolute atomic E-state index is 0.0939. The molecule has 1 N–H and O–H groups in total. The maximum absolute atomic E-state index is 11.4. The monoisotopic (exact) mass is 217 g/mol. The Morgan fingerprint density at radius 2 is 2.13 bits per heavy atom. The third-order valence-electron chi connectivity index (χ3n) is 2.30. The van der Waals surface area contributed by atoms with Crippen LogP contribution in [0.5, 0.6) is 0 Å². The van der Waals surface area contributed by atoms with Gasteiger partial charge in [-0.05, 0) is 19.9 Å². The SMILES string of the molecule is CCOC(=O)C(C)CN(CC)CCCO. The van der Waals surface area contributed by atoms with E-state index in [-0.39, 0.29) is 18.5 Å². The highest BCUT2D eigenvalue weighted by molar-refractivity contribution is 5.72. The topological polar surface area (TPSA) is 49.8 Å². The summed E-state index contributed by atoms with van der Waals surface area (Å²) in [5, 5.41) is 8.72. The number of esters is 1. The molecule has 0 aromatic rings. The predicted molar refractivity (Wildman–Crippen MR) is 59.6 cm³/mol. The molecule has 0 aliphatic carbocycles. The fourth-order valence-electron chi connectivity index (χ4n) is 1.42. The Kier molecular flexibility index (Phi) is 8.33. The molecule has 0 amide bonds. The average Bonchev–Trinajstić information content (AvgIpc) is 2.24. The van der Waals surface area contributed by atoms with E-state index >= 15 is 0 Å². The summed E-state index contributed by atoms with van der Waals surface area (Å²) >= 11 is 0. The molecule has 0 saturated carbocycles. The first-order chi connectivity index (χ1) is 7.15. The van der Waals surface area contributed by atoms with Crippen LogP contribution >= 0.6 is 0 Å². The molecule has 4 heteroatoms. The molecule has 0 bridgehead atoms.